The van der Waals surface area contributed by atoms with E-state index < -0.39 is 0 Å². The van der Waals surface area contributed by atoms with Crippen molar-refractivity contribution in [2.24, 2.45) is 0 Å². The lowest BCUT2D eigenvalue weighted by molar-refractivity contribution is 0.0944. The summed E-state index contributed by atoms with van der Waals surface area (Å²) in [6.07, 6.45) is 3.72. The van der Waals surface area contributed by atoms with Gasteiger partial charge in [-0.2, -0.15) is 5.10 Å². The van der Waals surface area contributed by atoms with Crippen LogP contribution in [0.15, 0.2) is 30.5 Å². The van der Waals surface area contributed by atoms with Gasteiger partial charge < -0.3 is 0 Å². The van der Waals surface area contributed by atoms with Crippen molar-refractivity contribution in [3.05, 3.63) is 52.8 Å². The van der Waals surface area contributed by atoms with Gasteiger partial charge in [0.15, 0.2) is 5.78 Å². The Morgan fingerprint density at radius 1 is 1.32 bits per heavy atom. The Labute approximate surface area is 111 Å². The third kappa shape index (κ3) is 2.10. The Bertz CT molecular complexity index is 671. The molecular formula is C15H14N2O2. The first-order chi connectivity index (χ1) is 9.15. The second kappa shape index (κ2) is 4.46. The number of aryl methyl sites for hydroxylation is 2. The molecule has 0 aliphatic heterocycles. The van der Waals surface area contributed by atoms with Gasteiger partial charge in [-0.1, -0.05) is 17.7 Å². The van der Waals surface area contributed by atoms with Crippen LogP contribution in [0.4, 0.5) is 0 Å². The van der Waals surface area contributed by atoms with Crippen molar-refractivity contribution in [3.8, 4) is 0 Å². The maximum atomic E-state index is 12.3. The fraction of sp³-hybridized carbons (Fsp3) is 0.267. The highest BCUT2D eigenvalue weighted by molar-refractivity contribution is 6.00. The van der Waals surface area contributed by atoms with E-state index >= 15 is 0 Å². The fourth-order valence-electron chi connectivity index (χ4n) is 2.39. The number of Topliss-reactive ketones (excluding diaryl/α,β-unsaturated/α-hetero) is 1. The summed E-state index contributed by atoms with van der Waals surface area (Å²) in [5.41, 5.74) is 2.97. The minimum Gasteiger partial charge on any atom is -0.294 e. The highest BCUT2D eigenvalue weighted by Gasteiger charge is 2.22. The van der Waals surface area contributed by atoms with Crippen LogP contribution in [0.25, 0.3) is 0 Å². The smallest absolute Gasteiger partial charge is 0.278 e. The van der Waals surface area contributed by atoms with E-state index in [-0.39, 0.29) is 11.7 Å². The van der Waals surface area contributed by atoms with Gasteiger partial charge >= 0.3 is 0 Å². The molecule has 4 heteroatoms. The van der Waals surface area contributed by atoms with Gasteiger partial charge in [0.05, 0.1) is 11.3 Å². The summed E-state index contributed by atoms with van der Waals surface area (Å²) in [6.45, 7) is 1.94. The molecule has 2 aromatic rings. The molecule has 0 spiro atoms. The second-order valence-electron chi connectivity index (χ2n) is 4.89. The molecular weight excluding hydrogens is 240 g/mol. The summed E-state index contributed by atoms with van der Waals surface area (Å²) in [5.74, 6) is -0.101. The first-order valence-electron chi connectivity index (χ1n) is 6.38. The van der Waals surface area contributed by atoms with Crippen molar-refractivity contribution in [2.75, 3.05) is 0 Å². The van der Waals surface area contributed by atoms with Crippen LogP contribution in [-0.2, 0) is 6.42 Å². The summed E-state index contributed by atoms with van der Waals surface area (Å²) in [7, 11) is 0. The van der Waals surface area contributed by atoms with Crippen molar-refractivity contribution in [1.29, 1.82) is 0 Å². The lowest BCUT2D eigenvalue weighted by atomic mass is 9.97. The molecule has 0 unspecified atom stereocenters. The quantitative estimate of drug-likeness (QED) is 0.785. The number of aromatic nitrogens is 2. The third-order valence-electron chi connectivity index (χ3n) is 3.38. The van der Waals surface area contributed by atoms with Crippen molar-refractivity contribution < 1.29 is 9.59 Å². The predicted molar refractivity (Wildman–Crippen MR) is 70.4 cm³/mol. The van der Waals surface area contributed by atoms with Crippen molar-refractivity contribution >= 4 is 11.7 Å². The molecule has 19 heavy (non-hydrogen) atoms. The van der Waals surface area contributed by atoms with E-state index in [9.17, 15) is 9.59 Å². The molecule has 1 aromatic heterocycles. The molecule has 1 heterocycles. The van der Waals surface area contributed by atoms with Crippen LogP contribution < -0.4 is 0 Å². The number of rotatable bonds is 1. The van der Waals surface area contributed by atoms with E-state index in [1.807, 2.05) is 25.1 Å². The Kier molecular flexibility index (Phi) is 2.78. The third-order valence-corrected chi connectivity index (χ3v) is 3.38. The highest BCUT2D eigenvalue weighted by Crippen LogP contribution is 2.20. The standard InChI is InChI=1S/C15H14N2O2/c1-10-4-2-5-11(8-10)15(19)17-9-12-13(16-17)6-3-7-14(12)18/h2,4-5,8-9H,3,6-7H2,1H3. The highest BCUT2D eigenvalue weighted by atomic mass is 16.2. The molecule has 0 bridgehead atoms. The number of hydrogen-bond acceptors (Lipinski definition) is 3. The van der Waals surface area contributed by atoms with Crippen LogP contribution in [0.2, 0.25) is 0 Å². The maximum Gasteiger partial charge on any atom is 0.278 e. The average molecular weight is 254 g/mol. The normalized spacial score (nSPS) is 14.3. The van der Waals surface area contributed by atoms with E-state index in [1.54, 1.807) is 12.3 Å². The minimum atomic E-state index is -0.189. The zero-order valence-electron chi connectivity index (χ0n) is 10.7. The number of fused-ring (bicyclic) bond motifs is 1. The van der Waals surface area contributed by atoms with Crippen molar-refractivity contribution in [2.45, 2.75) is 26.2 Å². The van der Waals surface area contributed by atoms with E-state index in [4.69, 9.17) is 0 Å². The summed E-state index contributed by atoms with van der Waals surface area (Å²) < 4.78 is 1.29. The zero-order chi connectivity index (χ0) is 13.4. The molecule has 0 radical (unpaired) electrons. The first-order valence-corrected chi connectivity index (χ1v) is 6.38. The SMILES string of the molecule is Cc1cccc(C(=O)n2cc3c(n2)CCCC3=O)c1. The van der Waals surface area contributed by atoms with E-state index in [0.29, 0.717) is 17.5 Å². The van der Waals surface area contributed by atoms with Gasteiger partial charge in [-0.25, -0.2) is 4.68 Å². The molecule has 0 atom stereocenters. The fourth-order valence-corrected chi connectivity index (χ4v) is 2.39. The van der Waals surface area contributed by atoms with E-state index in [0.717, 1.165) is 24.1 Å². The van der Waals surface area contributed by atoms with Gasteiger partial charge in [0.25, 0.3) is 5.91 Å². The van der Waals surface area contributed by atoms with Crippen LogP contribution in [0, 0.1) is 6.92 Å². The van der Waals surface area contributed by atoms with E-state index in [2.05, 4.69) is 5.10 Å². The molecule has 1 aliphatic rings. The number of carbonyl (C=O) groups excluding carboxylic acids is 2. The topological polar surface area (TPSA) is 52.0 Å². The average Bonchev–Trinajstić information content (AvgIpc) is 2.83. The number of carbonyl (C=O) groups is 2. The molecule has 1 aromatic carbocycles. The van der Waals surface area contributed by atoms with Gasteiger partial charge in [0.2, 0.25) is 0 Å². The molecule has 0 fully saturated rings. The molecule has 3 rings (SSSR count). The molecule has 4 nitrogen and oxygen atoms in total. The van der Waals surface area contributed by atoms with Crippen molar-refractivity contribution in [1.82, 2.24) is 9.78 Å². The van der Waals surface area contributed by atoms with Crippen molar-refractivity contribution in [3.63, 3.8) is 0 Å². The zero-order valence-corrected chi connectivity index (χ0v) is 10.7. The molecule has 1 aliphatic carbocycles. The van der Waals surface area contributed by atoms with Gasteiger partial charge in [0.1, 0.15) is 0 Å². The molecule has 96 valence electrons. The Balaban J connectivity index is 1.99. The molecule has 0 saturated heterocycles. The van der Waals surface area contributed by atoms with Gasteiger partial charge in [-0.05, 0) is 31.9 Å². The van der Waals surface area contributed by atoms with Crippen LogP contribution in [-0.4, -0.2) is 21.5 Å². The van der Waals surface area contributed by atoms with Crippen LogP contribution in [0.1, 0.15) is 44.8 Å². The first kappa shape index (κ1) is 11.8. The molecule has 0 amide bonds. The lowest BCUT2D eigenvalue weighted by Crippen LogP contribution is -2.13. The van der Waals surface area contributed by atoms with Gasteiger partial charge in [-0.15, -0.1) is 0 Å². The maximum absolute atomic E-state index is 12.3. The van der Waals surface area contributed by atoms with Gasteiger partial charge in [0, 0.05) is 18.2 Å². The van der Waals surface area contributed by atoms with Crippen LogP contribution in [0.5, 0.6) is 0 Å². The summed E-state index contributed by atoms with van der Waals surface area (Å²) in [5, 5.41) is 4.25. The number of ketones is 1. The summed E-state index contributed by atoms with van der Waals surface area (Å²) in [4.78, 5) is 24.1. The van der Waals surface area contributed by atoms with Gasteiger partial charge in [-0.3, -0.25) is 9.59 Å². The largest absolute Gasteiger partial charge is 0.294 e. The van der Waals surface area contributed by atoms with Crippen LogP contribution >= 0.6 is 0 Å². The lowest BCUT2D eigenvalue weighted by Gasteiger charge is -2.06. The number of benzene rings is 1. The number of nitrogens with zero attached hydrogens (tertiary/aromatic N) is 2. The number of hydrogen-bond donors (Lipinski definition) is 0. The predicted octanol–water partition coefficient (Wildman–Crippen LogP) is 2.40. The van der Waals surface area contributed by atoms with Crippen LogP contribution in [0.3, 0.4) is 0 Å². The minimum absolute atomic E-state index is 0.0875. The summed E-state index contributed by atoms with van der Waals surface area (Å²) in [6, 6.07) is 7.37. The Hall–Kier alpha value is -2.23. The summed E-state index contributed by atoms with van der Waals surface area (Å²) >= 11 is 0. The Morgan fingerprint density at radius 2 is 2.16 bits per heavy atom. The molecule has 0 saturated carbocycles. The monoisotopic (exact) mass is 254 g/mol. The second-order valence-corrected chi connectivity index (χ2v) is 4.89. The van der Waals surface area contributed by atoms with E-state index in [1.165, 1.54) is 4.68 Å². The Morgan fingerprint density at radius 3 is 2.89 bits per heavy atom. The molecule has 0 N–H and O–H groups in total.